The molecular formula is C10H17N3O4. The van der Waals surface area contributed by atoms with Crippen molar-refractivity contribution in [3.63, 3.8) is 0 Å². The van der Waals surface area contributed by atoms with Gasteiger partial charge in [-0.3, -0.25) is 9.59 Å². The third-order valence-corrected chi connectivity index (χ3v) is 1.95. The molecule has 0 saturated carbocycles. The summed E-state index contributed by atoms with van der Waals surface area (Å²) in [5.41, 5.74) is 4.96. The summed E-state index contributed by atoms with van der Waals surface area (Å²) in [7, 11) is 0. The number of rotatable bonds is 7. The molecule has 96 valence electrons. The molecule has 0 aromatic heterocycles. The molecule has 7 nitrogen and oxygen atoms in total. The first-order chi connectivity index (χ1) is 7.92. The van der Waals surface area contributed by atoms with E-state index in [4.69, 9.17) is 10.8 Å². The number of likely N-dealkylation sites (N-methyl/N-ethyl adjacent to an activating group) is 1. The number of nitrogens with zero attached hydrogens (tertiary/aromatic N) is 2. The fourth-order valence-electron chi connectivity index (χ4n) is 1.24. The van der Waals surface area contributed by atoms with Gasteiger partial charge in [0.25, 0.3) is 0 Å². The second-order valence-electron chi connectivity index (χ2n) is 3.33. The summed E-state index contributed by atoms with van der Waals surface area (Å²) in [6.07, 6.45) is 1.52. The molecule has 0 atom stereocenters. The van der Waals surface area contributed by atoms with Crippen LogP contribution < -0.4 is 5.73 Å². The molecule has 17 heavy (non-hydrogen) atoms. The molecule has 0 aliphatic carbocycles. The first kappa shape index (κ1) is 14.9. The lowest BCUT2D eigenvalue weighted by Gasteiger charge is -2.27. The Kier molecular flexibility index (Phi) is 6.39. The maximum Gasteiger partial charge on any atom is 0.323 e. The zero-order chi connectivity index (χ0) is 13.4. The Morgan fingerprint density at radius 2 is 1.88 bits per heavy atom. The molecule has 0 radical (unpaired) electrons. The van der Waals surface area contributed by atoms with E-state index in [0.29, 0.717) is 6.54 Å². The van der Waals surface area contributed by atoms with E-state index in [1.165, 1.54) is 11.0 Å². The molecule has 0 spiro atoms. The molecule has 7 heteroatoms. The van der Waals surface area contributed by atoms with Gasteiger partial charge in [0.05, 0.1) is 0 Å². The zero-order valence-corrected chi connectivity index (χ0v) is 9.76. The topological polar surface area (TPSA) is 104 Å². The van der Waals surface area contributed by atoms with Gasteiger partial charge in [-0.1, -0.05) is 6.08 Å². The van der Waals surface area contributed by atoms with Crippen molar-refractivity contribution in [2.75, 3.05) is 26.2 Å². The van der Waals surface area contributed by atoms with Crippen LogP contribution in [0.25, 0.3) is 0 Å². The minimum atomic E-state index is -1.20. The summed E-state index contributed by atoms with van der Waals surface area (Å²) in [5.74, 6) is -1.96. The van der Waals surface area contributed by atoms with Gasteiger partial charge in [-0.05, 0) is 6.92 Å². The average molecular weight is 243 g/mol. The van der Waals surface area contributed by atoms with Crippen LogP contribution in [0.2, 0.25) is 0 Å². The van der Waals surface area contributed by atoms with Crippen molar-refractivity contribution in [3.05, 3.63) is 12.7 Å². The number of nitrogens with two attached hydrogens (primary N) is 1. The number of hydrogen-bond donors (Lipinski definition) is 2. The number of primary amides is 1. The van der Waals surface area contributed by atoms with Gasteiger partial charge < -0.3 is 20.6 Å². The predicted octanol–water partition coefficient (Wildman–Crippen LogP) is -0.514. The van der Waals surface area contributed by atoms with Crippen molar-refractivity contribution >= 4 is 17.9 Å². The molecule has 0 aromatic carbocycles. The summed E-state index contributed by atoms with van der Waals surface area (Å²) < 4.78 is 0. The van der Waals surface area contributed by atoms with Gasteiger partial charge >= 0.3 is 12.0 Å². The van der Waals surface area contributed by atoms with E-state index in [0.717, 1.165) is 4.90 Å². The Balaban J connectivity index is 4.75. The van der Waals surface area contributed by atoms with E-state index in [1.807, 2.05) is 0 Å². The van der Waals surface area contributed by atoms with Crippen molar-refractivity contribution in [1.82, 2.24) is 9.80 Å². The summed E-state index contributed by atoms with van der Waals surface area (Å²) in [6, 6.07) is -0.548. The Morgan fingerprint density at radius 1 is 1.29 bits per heavy atom. The molecule has 0 saturated heterocycles. The van der Waals surface area contributed by atoms with Crippen molar-refractivity contribution in [3.8, 4) is 0 Å². The van der Waals surface area contributed by atoms with Gasteiger partial charge in [-0.25, -0.2) is 4.79 Å². The summed E-state index contributed by atoms with van der Waals surface area (Å²) in [5, 5.41) is 8.65. The first-order valence-corrected chi connectivity index (χ1v) is 5.07. The minimum Gasteiger partial charge on any atom is -0.480 e. The highest BCUT2D eigenvalue weighted by Gasteiger charge is 2.22. The van der Waals surface area contributed by atoms with Gasteiger partial charge in [-0.15, -0.1) is 6.58 Å². The summed E-state index contributed by atoms with van der Waals surface area (Å²) >= 11 is 0. The second kappa shape index (κ2) is 7.26. The Labute approximate surface area is 99.5 Å². The van der Waals surface area contributed by atoms with Crippen molar-refractivity contribution in [2.24, 2.45) is 5.73 Å². The van der Waals surface area contributed by atoms with Crippen LogP contribution in [-0.4, -0.2) is 59.0 Å². The largest absolute Gasteiger partial charge is 0.480 e. The van der Waals surface area contributed by atoms with E-state index >= 15 is 0 Å². The lowest BCUT2D eigenvalue weighted by atomic mass is 10.4. The van der Waals surface area contributed by atoms with Gasteiger partial charge in [0.2, 0.25) is 5.91 Å². The first-order valence-electron chi connectivity index (χ1n) is 5.07. The van der Waals surface area contributed by atoms with Gasteiger partial charge in [0.1, 0.15) is 13.1 Å². The smallest absolute Gasteiger partial charge is 0.323 e. The number of carboxylic acids is 1. The highest BCUT2D eigenvalue weighted by molar-refractivity contribution is 5.86. The van der Waals surface area contributed by atoms with E-state index in [-0.39, 0.29) is 6.54 Å². The number of carbonyl (C=O) groups is 3. The molecule has 0 rings (SSSR count). The lowest BCUT2D eigenvalue weighted by molar-refractivity contribution is -0.138. The van der Waals surface area contributed by atoms with E-state index < -0.39 is 31.0 Å². The van der Waals surface area contributed by atoms with E-state index in [9.17, 15) is 14.4 Å². The third-order valence-electron chi connectivity index (χ3n) is 1.95. The number of aliphatic carboxylic acids is 1. The lowest BCUT2D eigenvalue weighted by Crippen LogP contribution is -2.48. The van der Waals surface area contributed by atoms with Gasteiger partial charge in [0, 0.05) is 13.1 Å². The Hall–Kier alpha value is -2.05. The van der Waals surface area contributed by atoms with E-state index in [1.54, 1.807) is 6.92 Å². The molecule has 0 aliphatic heterocycles. The highest BCUT2D eigenvalue weighted by Crippen LogP contribution is 1.99. The van der Waals surface area contributed by atoms with Gasteiger partial charge in [0.15, 0.2) is 0 Å². The highest BCUT2D eigenvalue weighted by atomic mass is 16.4. The van der Waals surface area contributed by atoms with Crippen LogP contribution in [0, 0.1) is 0 Å². The van der Waals surface area contributed by atoms with Gasteiger partial charge in [-0.2, -0.15) is 0 Å². The molecule has 3 amide bonds. The number of amides is 3. The molecular weight excluding hydrogens is 226 g/mol. The maximum absolute atomic E-state index is 11.9. The Bertz CT molecular complexity index is 301. The summed E-state index contributed by atoms with van der Waals surface area (Å²) in [6.45, 7) is 4.92. The maximum atomic E-state index is 11.9. The average Bonchev–Trinajstić information content (AvgIpc) is 2.22. The van der Waals surface area contributed by atoms with Crippen molar-refractivity contribution in [2.45, 2.75) is 6.92 Å². The molecule has 3 N–H and O–H groups in total. The second-order valence-corrected chi connectivity index (χ2v) is 3.33. The fourth-order valence-corrected chi connectivity index (χ4v) is 1.24. The molecule has 0 heterocycles. The van der Waals surface area contributed by atoms with Crippen LogP contribution in [0.1, 0.15) is 6.92 Å². The van der Waals surface area contributed by atoms with Crippen LogP contribution in [0.5, 0.6) is 0 Å². The van der Waals surface area contributed by atoms with Crippen molar-refractivity contribution < 1.29 is 19.5 Å². The molecule has 0 bridgehead atoms. The number of carbonyl (C=O) groups excluding carboxylic acids is 2. The van der Waals surface area contributed by atoms with Crippen molar-refractivity contribution in [1.29, 1.82) is 0 Å². The molecule has 0 aliphatic rings. The molecule has 0 aromatic rings. The minimum absolute atomic E-state index is 0.282. The number of hydrogen-bond acceptors (Lipinski definition) is 3. The standard InChI is InChI=1S/C10H17N3O4/c1-3-5-12(4-2)10(17)13(6-8(11)14)7-9(15)16/h3H,1,4-7H2,2H3,(H2,11,14)(H,15,16). The quantitative estimate of drug-likeness (QED) is 0.587. The normalized spacial score (nSPS) is 9.47. The Morgan fingerprint density at radius 3 is 2.24 bits per heavy atom. The van der Waals surface area contributed by atoms with Crippen LogP contribution in [0.4, 0.5) is 4.79 Å². The summed E-state index contributed by atoms with van der Waals surface area (Å²) in [4.78, 5) is 35.5. The van der Waals surface area contributed by atoms with Crippen LogP contribution in [0.15, 0.2) is 12.7 Å². The van der Waals surface area contributed by atoms with Crippen LogP contribution >= 0.6 is 0 Å². The molecule has 0 fully saturated rings. The predicted molar refractivity (Wildman–Crippen MR) is 61.2 cm³/mol. The zero-order valence-electron chi connectivity index (χ0n) is 9.76. The van der Waals surface area contributed by atoms with Crippen LogP contribution in [0.3, 0.4) is 0 Å². The monoisotopic (exact) mass is 243 g/mol. The SMILES string of the molecule is C=CCN(CC)C(=O)N(CC(N)=O)CC(=O)O. The third kappa shape index (κ3) is 5.55. The molecule has 0 unspecified atom stereocenters. The van der Waals surface area contributed by atoms with Crippen LogP contribution in [-0.2, 0) is 9.59 Å². The van der Waals surface area contributed by atoms with E-state index in [2.05, 4.69) is 6.58 Å². The number of urea groups is 1. The number of carboxylic acid groups (broad SMARTS) is 1. The fraction of sp³-hybridized carbons (Fsp3) is 0.500.